The van der Waals surface area contributed by atoms with Crippen molar-refractivity contribution in [2.75, 3.05) is 6.61 Å². The number of amides is 1. The number of rotatable bonds is 7. The topological polar surface area (TPSA) is 67.4 Å². The van der Waals surface area contributed by atoms with Crippen LogP contribution >= 0.6 is 11.6 Å². The highest BCUT2D eigenvalue weighted by Gasteiger charge is 2.63. The molecule has 2 aromatic rings. The largest absolute Gasteiger partial charge is 0.463 e. The predicted octanol–water partition coefficient (Wildman–Crippen LogP) is 3.68. The van der Waals surface area contributed by atoms with Crippen molar-refractivity contribution in [3.8, 4) is 0 Å². The second-order valence-electron chi connectivity index (χ2n) is 5.77. The fourth-order valence-electron chi connectivity index (χ4n) is 2.40. The first kappa shape index (κ1) is 21.7. The number of benzene rings is 2. The van der Waals surface area contributed by atoms with Gasteiger partial charge in [0, 0.05) is 17.1 Å². The Morgan fingerprint density at radius 2 is 1.75 bits per heavy atom. The first-order valence-electron chi connectivity index (χ1n) is 8.30. The van der Waals surface area contributed by atoms with Gasteiger partial charge in [0.1, 0.15) is 0 Å². The molecule has 0 aliphatic carbocycles. The van der Waals surface area contributed by atoms with Crippen LogP contribution in [-0.2, 0) is 16.1 Å². The Hall–Kier alpha value is -2.58. The lowest BCUT2D eigenvalue weighted by molar-refractivity contribution is -0.219. The molecule has 0 saturated carbocycles. The number of nitrogens with one attached hydrogen (secondary N) is 2. The summed E-state index contributed by atoms with van der Waals surface area (Å²) in [6.45, 7) is 0.737. The van der Waals surface area contributed by atoms with Crippen molar-refractivity contribution < 1.29 is 27.5 Å². The molecule has 0 saturated heterocycles. The number of esters is 1. The third-order valence-corrected chi connectivity index (χ3v) is 4.03. The van der Waals surface area contributed by atoms with Gasteiger partial charge in [0.15, 0.2) is 0 Å². The molecule has 9 heteroatoms. The lowest BCUT2D eigenvalue weighted by Gasteiger charge is -2.34. The van der Waals surface area contributed by atoms with E-state index in [2.05, 4.69) is 10.1 Å². The Kier molecular flexibility index (Phi) is 7.04. The zero-order valence-electron chi connectivity index (χ0n) is 14.8. The molecular weight excluding hydrogens is 397 g/mol. The maximum atomic E-state index is 14.0. The van der Waals surface area contributed by atoms with E-state index in [1.54, 1.807) is 35.6 Å². The third-order valence-electron chi connectivity index (χ3n) is 3.80. The van der Waals surface area contributed by atoms with Gasteiger partial charge in [0.2, 0.25) is 0 Å². The monoisotopic (exact) mass is 414 g/mol. The minimum Gasteiger partial charge on any atom is -0.463 e. The highest BCUT2D eigenvalue weighted by atomic mass is 35.5. The number of hydrogen-bond acceptors (Lipinski definition) is 4. The molecule has 0 radical (unpaired) electrons. The van der Waals surface area contributed by atoms with Crippen molar-refractivity contribution in [2.45, 2.75) is 25.3 Å². The molecule has 1 unspecified atom stereocenters. The van der Waals surface area contributed by atoms with Gasteiger partial charge >= 0.3 is 12.1 Å². The summed E-state index contributed by atoms with van der Waals surface area (Å²) in [5, 5.41) is 4.05. The van der Waals surface area contributed by atoms with Crippen LogP contribution in [0, 0.1) is 0 Å². The second-order valence-corrected chi connectivity index (χ2v) is 6.21. The molecule has 2 aromatic carbocycles. The Balaban J connectivity index is 2.40. The average molecular weight is 415 g/mol. The fraction of sp³-hybridized carbons (Fsp3) is 0.263. The van der Waals surface area contributed by atoms with Gasteiger partial charge in [-0.3, -0.25) is 10.1 Å². The van der Waals surface area contributed by atoms with E-state index in [0.29, 0.717) is 5.56 Å². The fourth-order valence-corrected chi connectivity index (χ4v) is 2.59. The minimum absolute atomic E-state index is 0.132. The molecule has 2 N–H and O–H groups in total. The summed E-state index contributed by atoms with van der Waals surface area (Å²) in [6.07, 6.45) is -5.18. The van der Waals surface area contributed by atoms with Crippen LogP contribution in [0.4, 0.5) is 13.2 Å². The van der Waals surface area contributed by atoms with E-state index in [0.717, 1.165) is 0 Å². The summed E-state index contributed by atoms with van der Waals surface area (Å²) in [4.78, 5) is 24.8. The molecule has 0 heterocycles. The number of carbonyl (C=O) groups is 2. The molecule has 150 valence electrons. The Bertz CT molecular complexity index is 831. The van der Waals surface area contributed by atoms with Crippen molar-refractivity contribution in [1.82, 2.24) is 10.6 Å². The quantitative estimate of drug-likeness (QED) is 0.535. The van der Waals surface area contributed by atoms with Crippen LogP contribution in [-0.4, -0.2) is 30.3 Å². The van der Waals surface area contributed by atoms with E-state index in [9.17, 15) is 22.8 Å². The molecule has 1 amide bonds. The van der Waals surface area contributed by atoms with Gasteiger partial charge in [0.05, 0.1) is 6.61 Å². The van der Waals surface area contributed by atoms with Gasteiger partial charge in [-0.25, -0.2) is 4.79 Å². The molecule has 0 fully saturated rings. The van der Waals surface area contributed by atoms with Crippen LogP contribution in [0.25, 0.3) is 0 Å². The Labute approximate surface area is 164 Å². The van der Waals surface area contributed by atoms with Gasteiger partial charge < -0.3 is 10.1 Å². The normalized spacial score (nSPS) is 13.5. The van der Waals surface area contributed by atoms with E-state index in [1.807, 2.05) is 0 Å². The van der Waals surface area contributed by atoms with Crippen LogP contribution < -0.4 is 10.6 Å². The lowest BCUT2D eigenvalue weighted by Crippen LogP contribution is -2.72. The smallest absolute Gasteiger partial charge is 0.436 e. The van der Waals surface area contributed by atoms with Gasteiger partial charge in [-0.2, -0.15) is 13.2 Å². The number of carbonyl (C=O) groups excluding carboxylic acids is 2. The summed E-state index contributed by atoms with van der Waals surface area (Å²) in [6, 6.07) is 13.5. The Morgan fingerprint density at radius 3 is 2.32 bits per heavy atom. The van der Waals surface area contributed by atoms with Crippen LogP contribution in [0.1, 0.15) is 22.8 Å². The van der Waals surface area contributed by atoms with Gasteiger partial charge in [0.25, 0.3) is 11.6 Å². The van der Waals surface area contributed by atoms with E-state index in [4.69, 9.17) is 11.6 Å². The molecule has 0 aromatic heterocycles. The standard InChI is InChI=1S/C19H18ClF3N2O3/c1-2-28-17(27)18(19(21,22)23,24-12-13-7-4-3-5-8-13)25-16(26)14-9-6-10-15(20)11-14/h3-11,24H,2,12H2,1H3,(H,25,26). The molecule has 0 aliphatic heterocycles. The van der Waals surface area contributed by atoms with Crippen molar-refractivity contribution in [2.24, 2.45) is 0 Å². The third kappa shape index (κ3) is 5.02. The molecule has 2 rings (SSSR count). The summed E-state index contributed by atoms with van der Waals surface area (Å²) in [7, 11) is 0. The van der Waals surface area contributed by atoms with Crippen molar-refractivity contribution in [1.29, 1.82) is 0 Å². The lowest BCUT2D eigenvalue weighted by atomic mass is 10.1. The summed E-state index contributed by atoms with van der Waals surface area (Å²) < 4.78 is 46.6. The van der Waals surface area contributed by atoms with Crippen LogP contribution in [0.5, 0.6) is 0 Å². The summed E-state index contributed by atoms with van der Waals surface area (Å²) >= 11 is 5.79. The SMILES string of the molecule is CCOC(=O)C(NCc1ccccc1)(NC(=O)c1cccc(Cl)c1)C(F)(F)F. The average Bonchev–Trinajstić information content (AvgIpc) is 2.65. The van der Waals surface area contributed by atoms with Gasteiger partial charge in [-0.15, -0.1) is 0 Å². The first-order valence-corrected chi connectivity index (χ1v) is 8.68. The highest BCUT2D eigenvalue weighted by Crippen LogP contribution is 2.31. The van der Waals surface area contributed by atoms with Gasteiger partial charge in [-0.05, 0) is 30.7 Å². The number of ether oxygens (including phenoxy) is 1. The molecule has 0 bridgehead atoms. The van der Waals surface area contributed by atoms with Crippen molar-refractivity contribution in [3.63, 3.8) is 0 Å². The maximum Gasteiger partial charge on any atom is 0.436 e. The van der Waals surface area contributed by atoms with E-state index in [1.165, 1.54) is 31.2 Å². The predicted molar refractivity (Wildman–Crippen MR) is 97.6 cm³/mol. The zero-order chi connectivity index (χ0) is 20.8. The van der Waals surface area contributed by atoms with E-state index >= 15 is 0 Å². The summed E-state index contributed by atoms with van der Waals surface area (Å²) in [5.74, 6) is -2.79. The molecule has 1 atom stereocenters. The van der Waals surface area contributed by atoms with Crippen molar-refractivity contribution >= 4 is 23.5 Å². The van der Waals surface area contributed by atoms with Crippen LogP contribution in [0.3, 0.4) is 0 Å². The van der Waals surface area contributed by atoms with E-state index in [-0.39, 0.29) is 23.7 Å². The highest BCUT2D eigenvalue weighted by molar-refractivity contribution is 6.31. The number of hydrogen-bond donors (Lipinski definition) is 2. The molecule has 0 aliphatic rings. The molecule has 5 nitrogen and oxygen atoms in total. The Morgan fingerprint density at radius 1 is 1.07 bits per heavy atom. The van der Waals surface area contributed by atoms with Gasteiger partial charge in [-0.1, -0.05) is 48.0 Å². The van der Waals surface area contributed by atoms with Crippen LogP contribution in [0.15, 0.2) is 54.6 Å². The molecule has 28 heavy (non-hydrogen) atoms. The zero-order valence-corrected chi connectivity index (χ0v) is 15.6. The number of halogens is 4. The molecule has 0 spiro atoms. The minimum atomic E-state index is -5.18. The van der Waals surface area contributed by atoms with Crippen molar-refractivity contribution in [3.05, 3.63) is 70.7 Å². The summed E-state index contributed by atoms with van der Waals surface area (Å²) in [5.41, 5.74) is -3.08. The maximum absolute atomic E-state index is 14.0. The first-order chi connectivity index (χ1) is 13.2. The molecular formula is C19H18ClF3N2O3. The second kappa shape index (κ2) is 9.07. The number of alkyl halides is 3. The van der Waals surface area contributed by atoms with E-state index < -0.39 is 23.7 Å². The van der Waals surface area contributed by atoms with Crippen LogP contribution in [0.2, 0.25) is 5.02 Å².